The number of amides is 1. The van der Waals surface area contributed by atoms with Crippen LogP contribution in [0, 0.1) is 0 Å². The molecule has 0 spiro atoms. The molecule has 4 rings (SSSR count). The molecule has 166 valence electrons. The van der Waals surface area contributed by atoms with Crippen molar-refractivity contribution >= 4 is 29.3 Å². The first-order valence-electron chi connectivity index (χ1n) is 10.3. The van der Waals surface area contributed by atoms with Crippen molar-refractivity contribution in [2.75, 3.05) is 17.7 Å². The summed E-state index contributed by atoms with van der Waals surface area (Å²) in [4.78, 5) is 28.5. The fourth-order valence-corrected chi connectivity index (χ4v) is 3.84. The molecule has 0 atom stereocenters. The summed E-state index contributed by atoms with van der Waals surface area (Å²) in [6.07, 6.45) is 3.43. The number of hydrogen-bond acceptors (Lipinski definition) is 7. The Morgan fingerprint density at radius 3 is 2.48 bits per heavy atom. The smallest absolute Gasteiger partial charge is 0.338 e. The van der Waals surface area contributed by atoms with Crippen LogP contribution >= 0.6 is 11.8 Å². The highest BCUT2D eigenvalue weighted by Gasteiger charge is 2.17. The van der Waals surface area contributed by atoms with Gasteiger partial charge in [-0.1, -0.05) is 30.0 Å². The van der Waals surface area contributed by atoms with E-state index in [1.165, 1.54) is 11.8 Å². The molecule has 4 aromatic rings. The van der Waals surface area contributed by atoms with Gasteiger partial charge in [0.15, 0.2) is 11.0 Å². The van der Waals surface area contributed by atoms with Crippen LogP contribution in [0.1, 0.15) is 17.3 Å². The number of thioether (sulfide) groups is 1. The Hall–Kier alpha value is -3.98. The molecule has 0 aliphatic carbocycles. The number of benzene rings is 2. The number of anilines is 1. The van der Waals surface area contributed by atoms with E-state index in [9.17, 15) is 9.59 Å². The molecule has 33 heavy (non-hydrogen) atoms. The number of esters is 1. The highest BCUT2D eigenvalue weighted by atomic mass is 32.2. The topological polar surface area (TPSA) is 99.0 Å². The lowest BCUT2D eigenvalue weighted by molar-refractivity contribution is -0.113. The van der Waals surface area contributed by atoms with Crippen molar-refractivity contribution in [2.24, 2.45) is 0 Å². The number of aromatic nitrogens is 4. The largest absolute Gasteiger partial charge is 0.462 e. The molecule has 8 nitrogen and oxygen atoms in total. The van der Waals surface area contributed by atoms with Crippen LogP contribution in [0.3, 0.4) is 0 Å². The summed E-state index contributed by atoms with van der Waals surface area (Å²) in [5.41, 5.74) is 2.74. The van der Waals surface area contributed by atoms with Crippen LogP contribution in [-0.4, -0.2) is 44.0 Å². The van der Waals surface area contributed by atoms with Gasteiger partial charge >= 0.3 is 5.97 Å². The predicted molar refractivity (Wildman–Crippen MR) is 126 cm³/mol. The Morgan fingerprint density at radius 1 is 1.00 bits per heavy atom. The highest BCUT2D eigenvalue weighted by molar-refractivity contribution is 7.99. The molecular weight excluding hydrogens is 438 g/mol. The number of hydrogen-bond donors (Lipinski definition) is 1. The van der Waals surface area contributed by atoms with Gasteiger partial charge in [-0.25, -0.2) is 4.79 Å². The van der Waals surface area contributed by atoms with E-state index < -0.39 is 5.97 Å². The summed E-state index contributed by atoms with van der Waals surface area (Å²) in [5, 5.41) is 12.1. The maximum Gasteiger partial charge on any atom is 0.338 e. The Morgan fingerprint density at radius 2 is 1.79 bits per heavy atom. The molecule has 0 saturated heterocycles. The van der Waals surface area contributed by atoms with Gasteiger partial charge in [-0.15, -0.1) is 10.2 Å². The van der Waals surface area contributed by atoms with E-state index >= 15 is 0 Å². The molecule has 1 amide bonds. The van der Waals surface area contributed by atoms with Crippen molar-refractivity contribution in [3.8, 4) is 17.1 Å². The SMILES string of the molecule is CCOC(=O)c1ccc(NC(=O)CSc2nnc(-c3cccnc3)n2-c2ccccc2)cc1. The van der Waals surface area contributed by atoms with Crippen LogP contribution in [0.4, 0.5) is 5.69 Å². The average Bonchev–Trinajstić information content (AvgIpc) is 3.28. The molecule has 9 heteroatoms. The number of carbonyl (C=O) groups is 2. The van der Waals surface area contributed by atoms with E-state index in [-0.39, 0.29) is 11.7 Å². The van der Waals surface area contributed by atoms with E-state index in [0.717, 1.165) is 11.3 Å². The Balaban J connectivity index is 1.48. The molecule has 0 fully saturated rings. The van der Waals surface area contributed by atoms with Crippen molar-refractivity contribution in [3.05, 3.63) is 84.7 Å². The first-order valence-corrected chi connectivity index (χ1v) is 11.3. The number of pyridine rings is 1. The van der Waals surface area contributed by atoms with Crippen molar-refractivity contribution in [3.63, 3.8) is 0 Å². The molecule has 1 N–H and O–H groups in total. The molecule has 2 aromatic heterocycles. The Kier molecular flexibility index (Phi) is 7.11. The van der Waals surface area contributed by atoms with E-state index in [1.54, 1.807) is 43.6 Å². The zero-order valence-electron chi connectivity index (χ0n) is 17.8. The second-order valence-electron chi connectivity index (χ2n) is 6.85. The number of nitrogens with zero attached hydrogens (tertiary/aromatic N) is 4. The average molecular weight is 460 g/mol. The lowest BCUT2D eigenvalue weighted by atomic mass is 10.2. The van der Waals surface area contributed by atoms with Crippen molar-refractivity contribution in [1.82, 2.24) is 19.7 Å². The third kappa shape index (κ3) is 5.45. The molecule has 2 aromatic carbocycles. The zero-order valence-corrected chi connectivity index (χ0v) is 18.7. The molecule has 0 radical (unpaired) electrons. The maximum atomic E-state index is 12.5. The van der Waals surface area contributed by atoms with Gasteiger partial charge in [0, 0.05) is 29.3 Å². The van der Waals surface area contributed by atoms with E-state index in [4.69, 9.17) is 4.74 Å². The number of rotatable bonds is 8. The standard InChI is InChI=1S/C24H21N5O3S/c1-2-32-23(31)17-10-12-19(13-11-17)26-21(30)16-33-24-28-27-22(18-7-6-14-25-15-18)29(24)20-8-4-3-5-9-20/h3-15H,2,16H2,1H3,(H,26,30). The normalized spacial score (nSPS) is 10.6. The first-order chi connectivity index (χ1) is 16.2. The van der Waals surface area contributed by atoms with Gasteiger partial charge in [0.2, 0.25) is 5.91 Å². The molecular formula is C24H21N5O3S. The second-order valence-corrected chi connectivity index (χ2v) is 7.80. The van der Waals surface area contributed by atoms with Gasteiger partial charge < -0.3 is 10.1 Å². The third-order valence-corrected chi connectivity index (χ3v) is 5.51. The lowest BCUT2D eigenvalue weighted by Gasteiger charge is -2.10. The van der Waals surface area contributed by atoms with E-state index in [2.05, 4.69) is 20.5 Å². The number of ether oxygens (including phenoxy) is 1. The van der Waals surface area contributed by atoms with Gasteiger partial charge in [0.25, 0.3) is 0 Å². The first kappa shape index (κ1) is 22.2. The van der Waals surface area contributed by atoms with Gasteiger partial charge in [0.05, 0.1) is 17.9 Å². The fraction of sp³-hybridized carbons (Fsp3) is 0.125. The summed E-state index contributed by atoms with van der Waals surface area (Å²) in [5.74, 6) is 0.189. The van der Waals surface area contributed by atoms with Crippen LogP contribution in [0.25, 0.3) is 17.1 Å². The summed E-state index contributed by atoms with van der Waals surface area (Å²) in [7, 11) is 0. The molecule has 0 unspecified atom stereocenters. The minimum Gasteiger partial charge on any atom is -0.462 e. The maximum absolute atomic E-state index is 12.5. The number of nitrogens with one attached hydrogen (secondary N) is 1. The van der Waals surface area contributed by atoms with E-state index in [0.29, 0.717) is 28.8 Å². The van der Waals surface area contributed by atoms with Crippen LogP contribution < -0.4 is 5.32 Å². The predicted octanol–water partition coefficient (Wildman–Crippen LogP) is 4.24. The van der Waals surface area contributed by atoms with Crippen LogP contribution in [0.15, 0.2) is 84.3 Å². The summed E-state index contributed by atoms with van der Waals surface area (Å²) >= 11 is 1.28. The molecule has 0 aliphatic heterocycles. The fourth-order valence-electron chi connectivity index (χ4n) is 3.09. The lowest BCUT2D eigenvalue weighted by Crippen LogP contribution is -2.15. The minimum atomic E-state index is -0.393. The number of carbonyl (C=O) groups excluding carboxylic acids is 2. The molecule has 0 bridgehead atoms. The quantitative estimate of drug-likeness (QED) is 0.311. The second kappa shape index (κ2) is 10.6. The Labute approximate surface area is 195 Å². The molecule has 0 aliphatic rings. The summed E-state index contributed by atoms with van der Waals surface area (Å²) in [6.45, 7) is 2.06. The van der Waals surface area contributed by atoms with E-state index in [1.807, 2.05) is 47.0 Å². The van der Waals surface area contributed by atoms with Crippen LogP contribution in [0.5, 0.6) is 0 Å². The van der Waals surface area contributed by atoms with Crippen molar-refractivity contribution in [2.45, 2.75) is 12.1 Å². The van der Waals surface area contributed by atoms with Crippen LogP contribution in [-0.2, 0) is 9.53 Å². The van der Waals surface area contributed by atoms with Gasteiger partial charge in [-0.3, -0.25) is 14.3 Å². The summed E-state index contributed by atoms with van der Waals surface area (Å²) < 4.78 is 6.88. The zero-order chi connectivity index (χ0) is 23.0. The number of para-hydroxylation sites is 1. The van der Waals surface area contributed by atoms with Gasteiger partial charge in [-0.05, 0) is 55.5 Å². The molecule has 0 saturated carbocycles. The summed E-state index contributed by atoms with van der Waals surface area (Å²) in [6, 6.07) is 20.0. The molecule has 2 heterocycles. The Bertz CT molecular complexity index is 1230. The van der Waals surface area contributed by atoms with Crippen LogP contribution in [0.2, 0.25) is 0 Å². The van der Waals surface area contributed by atoms with Crippen molar-refractivity contribution < 1.29 is 14.3 Å². The van der Waals surface area contributed by atoms with Gasteiger partial charge in [0.1, 0.15) is 0 Å². The van der Waals surface area contributed by atoms with Crippen molar-refractivity contribution in [1.29, 1.82) is 0 Å². The third-order valence-electron chi connectivity index (χ3n) is 4.58. The monoisotopic (exact) mass is 459 g/mol. The minimum absolute atomic E-state index is 0.137. The highest BCUT2D eigenvalue weighted by Crippen LogP contribution is 2.27. The van der Waals surface area contributed by atoms with Gasteiger partial charge in [-0.2, -0.15) is 0 Å².